The first-order valence-corrected chi connectivity index (χ1v) is 58.0. The molecule has 0 atom stereocenters. The predicted octanol–water partition coefficient (Wildman–Crippen LogP) is 46.6. The highest BCUT2D eigenvalue weighted by atomic mass is 15.2. The molecule has 12 rings (SSSR count). The van der Waals surface area contributed by atoms with E-state index in [9.17, 15) is 0 Å². The third-order valence-electron chi connectivity index (χ3n) is 32.4. The molecule has 0 N–H and O–H groups in total. The number of hydrogen-bond acceptors (Lipinski definition) is 4. The molecular formula is C143H204N4. The Hall–Kier alpha value is -9.12. The molecule has 12 aromatic carbocycles. The number of para-hydroxylation sites is 4. The smallest absolute Gasteiger partial charge is 0.0562 e. The second-order valence-electron chi connectivity index (χ2n) is 57.4. The fraction of sp³-hybridized carbons (Fsp3) is 0.552. The molecule has 0 bridgehead atoms. The van der Waals surface area contributed by atoms with Crippen molar-refractivity contribution < 1.29 is 0 Å². The van der Waals surface area contributed by atoms with Gasteiger partial charge in [-0.25, -0.2) is 0 Å². The minimum Gasteiger partial charge on any atom is -0.309 e. The SMILES string of the molecule is CC(C)c1cc(C(C)(C)C)c(C(C)C)c(N(c2c(C(C)C)cccc2C(C)C)c2cc(N(c3c(C(C)C)cccc3C(C)C)c3c(C(C)C)c(C(C)(C)C)cc(C(C)(C)C)c3C(C)C)c3ccc4c(N(c5c(C(C)C)cccc5C(C)C)c5c(C(C)C)c(C(C)(C)C)cc(C(C)(C)C)c5C(C)C)cc(N(c5c(C(C)C)cccc5C(C)C)c5c(C(C)C)c(C(C)(C)C)cc(C(C)(C)C)c5C(C)C)c5ccc2c3c54)c1C(C)C. The Morgan fingerprint density at radius 3 is 0.408 bits per heavy atom. The van der Waals surface area contributed by atoms with Crippen LogP contribution >= 0.6 is 0 Å². The molecule has 0 aromatic heterocycles. The van der Waals surface area contributed by atoms with Crippen LogP contribution in [0.1, 0.15) is 615 Å². The third kappa shape index (κ3) is 21.7. The van der Waals surface area contributed by atoms with Gasteiger partial charge in [0.05, 0.1) is 68.2 Å². The lowest BCUT2D eigenvalue weighted by Crippen LogP contribution is -2.28. The van der Waals surface area contributed by atoms with Crippen LogP contribution in [0.2, 0.25) is 0 Å². The maximum absolute atomic E-state index is 3.04. The molecule has 0 spiro atoms. The zero-order valence-electron chi connectivity index (χ0n) is 104. The molecule has 0 aliphatic rings. The molecule has 0 unspecified atom stereocenters. The van der Waals surface area contributed by atoms with Crippen LogP contribution in [0.15, 0.2) is 133 Å². The van der Waals surface area contributed by atoms with E-state index in [0.717, 1.165) is 0 Å². The lowest BCUT2D eigenvalue weighted by atomic mass is 9.71. The van der Waals surface area contributed by atoms with E-state index >= 15 is 0 Å². The van der Waals surface area contributed by atoms with Crippen molar-refractivity contribution in [2.45, 2.75) is 519 Å². The van der Waals surface area contributed by atoms with Crippen LogP contribution < -0.4 is 19.6 Å². The number of benzene rings is 12. The summed E-state index contributed by atoms with van der Waals surface area (Å²) < 4.78 is 0. The van der Waals surface area contributed by atoms with Crippen LogP contribution in [0.5, 0.6) is 0 Å². The Morgan fingerprint density at radius 2 is 0.279 bits per heavy atom. The highest BCUT2D eigenvalue weighted by molar-refractivity contribution is 6.33. The molecule has 12 aromatic rings. The summed E-state index contributed by atoms with van der Waals surface area (Å²) in [5.74, 6) is 1.72. The zero-order valence-corrected chi connectivity index (χ0v) is 104. The summed E-state index contributed by atoms with van der Waals surface area (Å²) in [5.41, 5.74) is 46.7. The van der Waals surface area contributed by atoms with Crippen LogP contribution in [0.4, 0.5) is 68.2 Å². The summed E-state index contributed by atoms with van der Waals surface area (Å²) >= 11 is 0. The maximum atomic E-state index is 3.04. The molecule has 0 amide bonds. The maximum Gasteiger partial charge on any atom is 0.0562 e. The first-order chi connectivity index (χ1) is 67.6. The van der Waals surface area contributed by atoms with Crippen molar-refractivity contribution in [3.05, 3.63) is 267 Å². The Labute approximate surface area is 900 Å². The van der Waals surface area contributed by atoms with Crippen LogP contribution in [0.3, 0.4) is 0 Å². The van der Waals surface area contributed by atoms with Crippen molar-refractivity contribution in [2.75, 3.05) is 19.6 Å². The van der Waals surface area contributed by atoms with Gasteiger partial charge in [-0.1, -0.05) is 502 Å². The lowest BCUT2D eigenvalue weighted by Gasteiger charge is -2.44. The summed E-state index contributed by atoms with van der Waals surface area (Å²) in [6.07, 6.45) is 0. The molecule has 0 aliphatic heterocycles. The third-order valence-corrected chi connectivity index (χ3v) is 32.4. The Balaban J connectivity index is 1.71. The van der Waals surface area contributed by atoms with E-state index in [-0.39, 0.29) is 139 Å². The Bertz CT molecular complexity index is 6090. The molecule has 4 heteroatoms. The molecular weight excluding hydrogens is 1770 g/mol. The average Bonchev–Trinajstić information content (AvgIpc) is 0.683. The fourth-order valence-corrected chi connectivity index (χ4v) is 25.5. The van der Waals surface area contributed by atoms with Gasteiger partial charge >= 0.3 is 0 Å². The molecule has 0 fully saturated rings. The van der Waals surface area contributed by atoms with Gasteiger partial charge in [-0.05, 0) is 284 Å². The summed E-state index contributed by atoms with van der Waals surface area (Å²) in [6, 6.07) is 57.4. The van der Waals surface area contributed by atoms with Gasteiger partial charge < -0.3 is 19.6 Å². The van der Waals surface area contributed by atoms with Crippen molar-refractivity contribution in [1.82, 2.24) is 0 Å². The topological polar surface area (TPSA) is 13.0 Å². The van der Waals surface area contributed by atoms with Gasteiger partial charge in [0.1, 0.15) is 0 Å². The van der Waals surface area contributed by atoms with E-state index in [2.05, 4.69) is 534 Å². The van der Waals surface area contributed by atoms with Gasteiger partial charge in [0, 0.05) is 32.3 Å². The summed E-state index contributed by atoms with van der Waals surface area (Å²) in [6.45, 7) is 138. The predicted molar refractivity (Wildman–Crippen MR) is 659 cm³/mol. The van der Waals surface area contributed by atoms with E-state index < -0.39 is 0 Å². The van der Waals surface area contributed by atoms with Crippen molar-refractivity contribution in [3.8, 4) is 0 Å². The molecule has 0 saturated carbocycles. The number of anilines is 12. The minimum absolute atomic E-state index is 0.0786. The normalized spacial score (nSPS) is 13.4. The highest BCUT2D eigenvalue weighted by Crippen LogP contribution is 2.66. The largest absolute Gasteiger partial charge is 0.309 e. The van der Waals surface area contributed by atoms with Crippen molar-refractivity contribution in [1.29, 1.82) is 0 Å². The molecule has 796 valence electrons. The second-order valence-corrected chi connectivity index (χ2v) is 57.4. The Morgan fingerprint density at radius 1 is 0.143 bits per heavy atom. The highest BCUT2D eigenvalue weighted by Gasteiger charge is 2.46. The van der Waals surface area contributed by atoms with Crippen molar-refractivity contribution in [2.24, 2.45) is 0 Å². The molecule has 147 heavy (non-hydrogen) atoms. The van der Waals surface area contributed by atoms with Crippen LogP contribution in [-0.2, 0) is 37.9 Å². The zero-order chi connectivity index (χ0) is 110. The van der Waals surface area contributed by atoms with E-state index in [4.69, 9.17) is 0 Å². The van der Waals surface area contributed by atoms with Gasteiger partial charge in [0.15, 0.2) is 0 Å². The van der Waals surface area contributed by atoms with E-state index in [1.54, 1.807) is 0 Å². The molecule has 0 aliphatic carbocycles. The number of nitrogens with zero attached hydrogens (tertiary/aromatic N) is 4. The van der Waals surface area contributed by atoms with Crippen LogP contribution in [-0.4, -0.2) is 0 Å². The molecule has 0 heterocycles. The molecule has 0 saturated heterocycles. The fourth-order valence-electron chi connectivity index (χ4n) is 25.5. The van der Waals surface area contributed by atoms with E-state index in [1.807, 2.05) is 0 Å². The lowest BCUT2D eigenvalue weighted by molar-refractivity contribution is 0.551. The van der Waals surface area contributed by atoms with Crippen molar-refractivity contribution >= 4 is 101 Å². The summed E-state index contributed by atoms with van der Waals surface area (Å²) in [4.78, 5) is 12.2. The van der Waals surface area contributed by atoms with Gasteiger partial charge in [-0.3, -0.25) is 0 Å². The van der Waals surface area contributed by atoms with Gasteiger partial charge in [0.25, 0.3) is 0 Å². The second kappa shape index (κ2) is 42.5. The average molecular weight is 1980 g/mol. The Kier molecular flexibility index (Phi) is 33.7. The van der Waals surface area contributed by atoms with Crippen LogP contribution in [0.25, 0.3) is 32.3 Å². The van der Waals surface area contributed by atoms with Crippen molar-refractivity contribution in [3.63, 3.8) is 0 Å². The number of hydrogen-bond donors (Lipinski definition) is 0. The molecule has 0 radical (unpaired) electrons. The van der Waals surface area contributed by atoms with Crippen LogP contribution in [0, 0.1) is 0 Å². The monoisotopic (exact) mass is 1980 g/mol. The van der Waals surface area contributed by atoms with E-state index in [0.29, 0.717) is 0 Å². The standard InChI is InChI=1S/C143H204N4/c1-78(2)95-60-56-61-96(79(3)4)129(95)144(133-119(87(19)20)107(86(17)18)72-108(137(35,36)37)120(133)88(21)22)115-76-116(145(130-97(80(5)6)62-57-63-98(130)81(7)8)134-121(89(23)24)109(138(38,39)40)73-110(139(41,42)43)122(134)90(25)26)104-70-71-106-118(147(132-101(84(13)14)66-59-67-102(132)85(15)16)136-125(93(31)32)113(142(50,51)52)75-114(143(53,54)55)126(136)94(33)34)77-117(105-69-68-103(115)127(104)128(105)106)146(131-99(82(9)10)64-58-65-100(131)83(11)12)135-123(91(27)28)111(140(44,45)46)74-112(141(47,48)49)124(135)92(29)30/h56-94H,1-55H3. The quantitative estimate of drug-likeness (QED) is 0.0433. The molecule has 4 nitrogen and oxygen atoms in total. The summed E-state index contributed by atoms with van der Waals surface area (Å²) in [5, 5.41) is 7.45. The van der Waals surface area contributed by atoms with Gasteiger partial charge in [-0.2, -0.15) is 0 Å². The van der Waals surface area contributed by atoms with E-state index in [1.165, 1.54) is 234 Å². The number of rotatable bonds is 29. The minimum atomic E-state index is -0.286. The summed E-state index contributed by atoms with van der Waals surface area (Å²) in [7, 11) is 0. The first kappa shape index (κ1) is 117. The van der Waals surface area contributed by atoms with Gasteiger partial charge in [0.2, 0.25) is 0 Å². The first-order valence-electron chi connectivity index (χ1n) is 58.0. The van der Waals surface area contributed by atoms with Gasteiger partial charge in [-0.15, -0.1) is 0 Å².